The molecule has 8 atom stereocenters. The van der Waals surface area contributed by atoms with Crippen molar-refractivity contribution < 1.29 is 77.9 Å². The predicted octanol–water partition coefficient (Wildman–Crippen LogP) is 1.33. The van der Waals surface area contributed by atoms with Crippen molar-refractivity contribution >= 4 is 29.1 Å². The quantitative estimate of drug-likeness (QED) is 0.167. The van der Waals surface area contributed by atoms with Crippen LogP contribution in [-0.4, -0.2) is 125 Å². The third-order valence-corrected chi connectivity index (χ3v) is 11.5. The summed E-state index contributed by atoms with van der Waals surface area (Å²) in [5.41, 5.74) is -8.97. The van der Waals surface area contributed by atoms with Crippen LogP contribution in [0.3, 0.4) is 0 Å². The van der Waals surface area contributed by atoms with Crippen LogP contribution in [-0.2, 0) is 42.3 Å². The van der Waals surface area contributed by atoms with Crippen molar-refractivity contribution in [3.05, 3.63) is 98.2 Å². The third kappa shape index (κ3) is 5.68. The van der Waals surface area contributed by atoms with E-state index in [-0.39, 0.29) is 40.5 Å². The number of Topliss-reactive ketones (excluding diaryl/α,β-unsaturated/α-hetero) is 3. The number of ether oxygens (including phenoxy) is 6. The van der Waals surface area contributed by atoms with Crippen molar-refractivity contribution in [1.82, 2.24) is 5.32 Å². The number of carbonyl (C=O) groups excluding carboxylic acids is 5. The average Bonchev–Trinajstić information content (AvgIpc) is 3.18. The lowest BCUT2D eigenvalue weighted by Crippen LogP contribution is -2.73. The standard InChI is InChI=1S/C41H41NO16/c1-16-11-19-12-25(45)41(56-6)37(50)28-22(36(49)40(41,52)29(19)34(26(16)39(51)55-5)57-15-18-7-9-20(43)10-8-18)13-21-27(31(28)47)24(44)14-23(30(21)46)42-38-35(54-4)32(48)33(53-3)17(2)58-38/h7-11,13-14,17,25,32-33,35,38,42-43,45,47-48,52H,12,15H2,1-6H3/t17-,25+,32+,33-,35+,38?,40-,41+/m0/s1. The molecule has 0 aromatic heterocycles. The van der Waals surface area contributed by atoms with E-state index in [1.165, 1.54) is 51.5 Å². The summed E-state index contributed by atoms with van der Waals surface area (Å²) in [7, 11) is 4.73. The van der Waals surface area contributed by atoms with Gasteiger partial charge in [0, 0.05) is 50.5 Å². The van der Waals surface area contributed by atoms with Crippen molar-refractivity contribution in [2.24, 2.45) is 0 Å². The molecule has 3 aromatic carbocycles. The van der Waals surface area contributed by atoms with E-state index in [2.05, 4.69) is 5.32 Å². The normalized spacial score (nSPS) is 28.8. The number of hydrogen-bond donors (Lipinski definition) is 6. The van der Waals surface area contributed by atoms with Crippen molar-refractivity contribution in [3.8, 4) is 17.2 Å². The molecule has 0 amide bonds. The molecule has 1 fully saturated rings. The maximum absolute atomic E-state index is 15.1. The fourth-order valence-electron chi connectivity index (χ4n) is 8.72. The number of phenols is 2. The van der Waals surface area contributed by atoms with Gasteiger partial charge in [0.05, 0.1) is 36.1 Å². The number of hydrogen-bond acceptors (Lipinski definition) is 17. The van der Waals surface area contributed by atoms with Gasteiger partial charge in [-0.1, -0.05) is 18.2 Å². The molecule has 1 aliphatic heterocycles. The van der Waals surface area contributed by atoms with Crippen molar-refractivity contribution in [3.63, 3.8) is 0 Å². The van der Waals surface area contributed by atoms with Gasteiger partial charge < -0.3 is 59.3 Å². The minimum absolute atomic E-state index is 0.0378. The Balaban J connectivity index is 1.39. The number of aliphatic hydroxyl groups is 3. The molecule has 4 aliphatic rings. The van der Waals surface area contributed by atoms with Crippen LogP contribution in [0, 0.1) is 6.92 Å². The number of phenolic OH excluding ortho intramolecular Hbond substituents is 2. The van der Waals surface area contributed by atoms with E-state index < -0.39 is 117 Å². The van der Waals surface area contributed by atoms with E-state index in [9.17, 15) is 44.7 Å². The monoisotopic (exact) mass is 803 g/mol. The van der Waals surface area contributed by atoms with Crippen LogP contribution in [0.1, 0.15) is 81.0 Å². The average molecular weight is 804 g/mol. The van der Waals surface area contributed by atoms with Gasteiger partial charge in [-0.3, -0.25) is 19.2 Å². The van der Waals surface area contributed by atoms with Crippen LogP contribution in [0.4, 0.5) is 0 Å². The maximum atomic E-state index is 15.1. The van der Waals surface area contributed by atoms with E-state index in [4.69, 9.17) is 28.4 Å². The highest BCUT2D eigenvalue weighted by Gasteiger charge is 2.73. The first-order valence-corrected chi connectivity index (χ1v) is 18.1. The zero-order valence-electron chi connectivity index (χ0n) is 32.1. The van der Waals surface area contributed by atoms with Gasteiger partial charge in [0.1, 0.15) is 47.7 Å². The van der Waals surface area contributed by atoms with Crippen LogP contribution >= 0.6 is 0 Å². The van der Waals surface area contributed by atoms with E-state index in [0.717, 1.165) is 26.4 Å². The Bertz CT molecular complexity index is 2300. The zero-order valence-corrected chi connectivity index (χ0v) is 32.1. The Hall–Kier alpha value is -5.53. The minimum atomic E-state index is -3.20. The molecule has 306 valence electrons. The Labute approximate surface area is 330 Å². The number of benzene rings is 3. The van der Waals surface area contributed by atoms with Crippen molar-refractivity contribution in [2.45, 2.75) is 74.8 Å². The van der Waals surface area contributed by atoms with Gasteiger partial charge in [0.15, 0.2) is 23.2 Å². The molecular weight excluding hydrogens is 762 g/mol. The van der Waals surface area contributed by atoms with Gasteiger partial charge in [0.2, 0.25) is 17.3 Å². The Morgan fingerprint density at radius 1 is 0.931 bits per heavy atom. The molecule has 17 nitrogen and oxygen atoms in total. The van der Waals surface area contributed by atoms with Crippen LogP contribution in [0.25, 0.3) is 0 Å². The highest BCUT2D eigenvalue weighted by molar-refractivity contribution is 6.31. The predicted molar refractivity (Wildman–Crippen MR) is 197 cm³/mol. The number of carbonyl (C=O) groups is 5. The summed E-state index contributed by atoms with van der Waals surface area (Å²) in [6, 6.07) is 8.13. The Kier molecular flexibility index (Phi) is 10.3. The fourth-order valence-corrected chi connectivity index (χ4v) is 8.72. The molecule has 0 radical (unpaired) electrons. The van der Waals surface area contributed by atoms with E-state index in [1.54, 1.807) is 6.92 Å². The van der Waals surface area contributed by atoms with Crippen LogP contribution in [0.15, 0.2) is 48.2 Å². The summed E-state index contributed by atoms with van der Waals surface area (Å²) in [5.74, 6) is -6.99. The minimum Gasteiger partial charge on any atom is -0.508 e. The highest BCUT2D eigenvalue weighted by Crippen LogP contribution is 2.57. The van der Waals surface area contributed by atoms with Crippen LogP contribution < -0.4 is 10.1 Å². The van der Waals surface area contributed by atoms with Gasteiger partial charge in [0.25, 0.3) is 0 Å². The van der Waals surface area contributed by atoms with E-state index in [0.29, 0.717) is 5.56 Å². The number of methoxy groups -OCH3 is 4. The van der Waals surface area contributed by atoms with Gasteiger partial charge in [-0.25, -0.2) is 4.79 Å². The summed E-state index contributed by atoms with van der Waals surface area (Å²) in [6.07, 6.45) is -6.57. The number of esters is 1. The lowest BCUT2D eigenvalue weighted by atomic mass is 9.56. The number of aryl methyl sites for hydroxylation is 1. The Morgan fingerprint density at radius 2 is 1.60 bits per heavy atom. The molecule has 1 heterocycles. The highest BCUT2D eigenvalue weighted by atomic mass is 16.6. The lowest BCUT2D eigenvalue weighted by molar-refractivity contribution is -0.236. The van der Waals surface area contributed by atoms with Gasteiger partial charge in [-0.15, -0.1) is 0 Å². The molecule has 0 bridgehead atoms. The van der Waals surface area contributed by atoms with E-state index >= 15 is 4.79 Å². The first kappa shape index (κ1) is 40.7. The number of aromatic hydroxyl groups is 2. The molecule has 3 aromatic rings. The molecule has 58 heavy (non-hydrogen) atoms. The second-order valence-corrected chi connectivity index (χ2v) is 14.5. The van der Waals surface area contributed by atoms with Crippen molar-refractivity contribution in [1.29, 1.82) is 0 Å². The first-order chi connectivity index (χ1) is 27.5. The Morgan fingerprint density at radius 3 is 2.22 bits per heavy atom. The summed E-state index contributed by atoms with van der Waals surface area (Å²) in [4.78, 5) is 71.2. The molecule has 6 N–H and O–H groups in total. The molecular formula is C41H41NO16. The number of nitrogens with one attached hydrogen (secondary N) is 1. The summed E-state index contributed by atoms with van der Waals surface area (Å²) in [6.45, 7) is 2.86. The van der Waals surface area contributed by atoms with Gasteiger partial charge in [-0.05, 0) is 48.7 Å². The number of rotatable bonds is 9. The smallest absolute Gasteiger partial charge is 0.341 e. The van der Waals surface area contributed by atoms with Crippen molar-refractivity contribution in [2.75, 3.05) is 28.4 Å². The number of ketones is 4. The van der Waals surface area contributed by atoms with Gasteiger partial charge >= 0.3 is 5.97 Å². The third-order valence-electron chi connectivity index (χ3n) is 11.5. The summed E-state index contributed by atoms with van der Waals surface area (Å²) in [5, 5.41) is 60.0. The fraction of sp³-hybridized carbons (Fsp3) is 0.390. The molecule has 0 saturated carbocycles. The van der Waals surface area contributed by atoms with Crippen LogP contribution in [0.2, 0.25) is 0 Å². The molecule has 1 unspecified atom stereocenters. The second kappa shape index (κ2) is 14.7. The number of aliphatic hydroxyl groups excluding tert-OH is 2. The lowest BCUT2D eigenvalue weighted by Gasteiger charge is -2.53. The summed E-state index contributed by atoms with van der Waals surface area (Å²) >= 11 is 0. The topological polar surface area (TPSA) is 254 Å². The molecule has 7 rings (SSSR count). The van der Waals surface area contributed by atoms with E-state index in [1.807, 2.05) is 0 Å². The molecule has 0 spiro atoms. The number of allylic oxidation sites excluding steroid dienone is 2. The number of fused-ring (bicyclic) bond motifs is 5. The second-order valence-electron chi connectivity index (χ2n) is 14.5. The first-order valence-electron chi connectivity index (χ1n) is 18.1. The largest absolute Gasteiger partial charge is 0.508 e. The zero-order chi connectivity index (χ0) is 42.2. The maximum Gasteiger partial charge on any atom is 0.341 e. The molecule has 1 saturated heterocycles. The molecule has 3 aliphatic carbocycles. The SMILES string of the molecule is COC(=O)c1c(C)cc2c(c1OCc1ccc(O)cc1)[C@]1(O)C(=O)c3cc4c(c(O)c3C(=O)[C@]1(OC)[C@H](O)C2)C(=O)C=C(NC1O[C@@H](C)[C@H](OC)[C@@H](O)[C@H]1OC)C4=O. The van der Waals surface area contributed by atoms with Gasteiger partial charge in [-0.2, -0.15) is 0 Å². The molecule has 17 heteroatoms. The summed E-state index contributed by atoms with van der Waals surface area (Å²) < 4.78 is 33.6. The van der Waals surface area contributed by atoms with Crippen LogP contribution in [0.5, 0.6) is 17.2 Å².